The van der Waals surface area contributed by atoms with Crippen molar-refractivity contribution in [3.8, 4) is 11.4 Å². The lowest BCUT2D eigenvalue weighted by molar-refractivity contribution is 0.272. The van der Waals surface area contributed by atoms with Crippen molar-refractivity contribution in [3.63, 3.8) is 0 Å². The topological polar surface area (TPSA) is 68.2 Å². The van der Waals surface area contributed by atoms with Gasteiger partial charge < -0.3 is 15.2 Å². The van der Waals surface area contributed by atoms with Crippen molar-refractivity contribution in [2.24, 2.45) is 5.73 Å². The van der Waals surface area contributed by atoms with Crippen LogP contribution in [-0.4, -0.2) is 41.2 Å². The zero-order valence-electron chi connectivity index (χ0n) is 14.3. The molecule has 0 atom stereocenters. The Hall–Kier alpha value is -2.50. The van der Waals surface area contributed by atoms with Crippen molar-refractivity contribution in [1.82, 2.24) is 15.0 Å². The van der Waals surface area contributed by atoms with Crippen LogP contribution in [-0.2, 0) is 12.8 Å². The second kappa shape index (κ2) is 9.11. The van der Waals surface area contributed by atoms with Crippen LogP contribution in [0.2, 0.25) is 0 Å². The van der Waals surface area contributed by atoms with Crippen LogP contribution >= 0.6 is 0 Å². The molecular formula is C20H24N4O. The first-order valence-electron chi connectivity index (χ1n) is 8.69. The summed E-state index contributed by atoms with van der Waals surface area (Å²) < 4.78 is 5.39. The van der Waals surface area contributed by atoms with Crippen LogP contribution in [0.5, 0.6) is 0 Å². The lowest BCUT2D eigenvalue weighted by Gasteiger charge is -2.20. The second-order valence-electron chi connectivity index (χ2n) is 5.99. The van der Waals surface area contributed by atoms with E-state index in [1.54, 1.807) is 0 Å². The normalized spacial score (nSPS) is 11.1. The third-order valence-corrected chi connectivity index (χ3v) is 4.15. The molecule has 1 aromatic heterocycles. The van der Waals surface area contributed by atoms with E-state index in [0.29, 0.717) is 18.3 Å². The van der Waals surface area contributed by atoms with Gasteiger partial charge in [-0.25, -0.2) is 0 Å². The molecule has 2 N–H and O–H groups in total. The highest BCUT2D eigenvalue weighted by molar-refractivity contribution is 5.53. The number of nitrogens with zero attached hydrogens (tertiary/aromatic N) is 3. The maximum atomic E-state index is 5.75. The molecule has 0 saturated carbocycles. The standard InChI is InChI=1S/C20H24N4O/c21-13-16-24(14-11-17-7-3-1-4-8-17)15-12-19-22-20(23-25-19)18-9-5-2-6-10-18/h1-10H,11-16,21H2. The summed E-state index contributed by atoms with van der Waals surface area (Å²) in [5.41, 5.74) is 8.07. The molecule has 3 aromatic rings. The number of hydrogen-bond donors (Lipinski definition) is 1. The van der Waals surface area contributed by atoms with Crippen molar-refractivity contribution >= 4 is 0 Å². The fourth-order valence-electron chi connectivity index (χ4n) is 2.76. The minimum absolute atomic E-state index is 0.644. The number of hydrogen-bond acceptors (Lipinski definition) is 5. The Balaban J connectivity index is 1.53. The lowest BCUT2D eigenvalue weighted by atomic mass is 10.1. The van der Waals surface area contributed by atoms with Crippen LogP contribution in [0, 0.1) is 0 Å². The monoisotopic (exact) mass is 336 g/mol. The molecule has 0 aliphatic carbocycles. The molecule has 0 amide bonds. The molecule has 0 spiro atoms. The molecule has 5 nitrogen and oxygen atoms in total. The summed E-state index contributed by atoms with van der Waals surface area (Å²) in [6.07, 6.45) is 1.74. The van der Waals surface area contributed by atoms with Gasteiger partial charge in [0.15, 0.2) is 0 Å². The summed E-state index contributed by atoms with van der Waals surface area (Å²) in [4.78, 5) is 6.84. The van der Waals surface area contributed by atoms with E-state index in [1.165, 1.54) is 5.56 Å². The molecule has 0 aliphatic rings. The highest BCUT2D eigenvalue weighted by Crippen LogP contribution is 2.15. The molecular weight excluding hydrogens is 312 g/mol. The number of aromatic nitrogens is 2. The van der Waals surface area contributed by atoms with E-state index in [1.807, 2.05) is 36.4 Å². The van der Waals surface area contributed by atoms with Gasteiger partial charge in [0.25, 0.3) is 0 Å². The average molecular weight is 336 g/mol. The number of benzene rings is 2. The van der Waals surface area contributed by atoms with Crippen LogP contribution in [0.4, 0.5) is 0 Å². The summed E-state index contributed by atoms with van der Waals surface area (Å²) in [5.74, 6) is 1.31. The third-order valence-electron chi connectivity index (χ3n) is 4.15. The predicted octanol–water partition coefficient (Wildman–Crippen LogP) is 2.78. The molecule has 0 unspecified atom stereocenters. The quantitative estimate of drug-likeness (QED) is 0.651. The van der Waals surface area contributed by atoms with Crippen molar-refractivity contribution < 1.29 is 4.52 Å². The minimum atomic E-state index is 0.644. The molecule has 130 valence electrons. The van der Waals surface area contributed by atoms with Gasteiger partial charge in [-0.15, -0.1) is 0 Å². The molecule has 3 rings (SSSR count). The van der Waals surface area contributed by atoms with E-state index in [9.17, 15) is 0 Å². The van der Waals surface area contributed by atoms with Crippen LogP contribution < -0.4 is 5.73 Å². The molecule has 0 saturated heterocycles. The molecule has 5 heteroatoms. The summed E-state index contributed by atoms with van der Waals surface area (Å²) in [6.45, 7) is 3.35. The Morgan fingerprint density at radius 3 is 2.24 bits per heavy atom. The molecule has 0 bridgehead atoms. The van der Waals surface area contributed by atoms with Crippen molar-refractivity contribution in [1.29, 1.82) is 0 Å². The SMILES string of the molecule is NCCN(CCc1ccccc1)CCc1nc(-c2ccccc2)no1. The van der Waals surface area contributed by atoms with Gasteiger partial charge in [0.2, 0.25) is 11.7 Å². The Morgan fingerprint density at radius 2 is 1.52 bits per heavy atom. The molecule has 1 heterocycles. The van der Waals surface area contributed by atoms with Gasteiger partial charge in [0.1, 0.15) is 0 Å². The zero-order valence-corrected chi connectivity index (χ0v) is 14.3. The van der Waals surface area contributed by atoms with Gasteiger partial charge in [-0.1, -0.05) is 65.8 Å². The Labute approximate surface area is 148 Å². The van der Waals surface area contributed by atoms with Gasteiger partial charge in [0.05, 0.1) is 0 Å². The molecule has 0 aliphatic heterocycles. The highest BCUT2D eigenvalue weighted by Gasteiger charge is 2.11. The first-order valence-corrected chi connectivity index (χ1v) is 8.69. The first-order chi connectivity index (χ1) is 12.3. The number of nitrogens with two attached hydrogens (primary N) is 1. The van der Waals surface area contributed by atoms with E-state index >= 15 is 0 Å². The van der Waals surface area contributed by atoms with Gasteiger partial charge in [-0.05, 0) is 12.0 Å². The van der Waals surface area contributed by atoms with E-state index < -0.39 is 0 Å². The largest absolute Gasteiger partial charge is 0.339 e. The summed E-state index contributed by atoms with van der Waals surface area (Å²) >= 11 is 0. The fourth-order valence-corrected chi connectivity index (χ4v) is 2.76. The smallest absolute Gasteiger partial charge is 0.228 e. The van der Waals surface area contributed by atoms with Crippen LogP contribution in [0.25, 0.3) is 11.4 Å². The third kappa shape index (κ3) is 5.24. The Morgan fingerprint density at radius 1 is 0.840 bits per heavy atom. The van der Waals surface area contributed by atoms with Gasteiger partial charge in [-0.2, -0.15) is 4.98 Å². The fraction of sp³-hybridized carbons (Fsp3) is 0.300. The highest BCUT2D eigenvalue weighted by atomic mass is 16.5. The lowest BCUT2D eigenvalue weighted by Crippen LogP contribution is -2.33. The Bertz CT molecular complexity index is 743. The predicted molar refractivity (Wildman–Crippen MR) is 99.1 cm³/mol. The minimum Gasteiger partial charge on any atom is -0.339 e. The molecule has 25 heavy (non-hydrogen) atoms. The van der Waals surface area contributed by atoms with Crippen LogP contribution in [0.1, 0.15) is 11.5 Å². The van der Waals surface area contributed by atoms with E-state index in [2.05, 4.69) is 39.3 Å². The molecule has 2 aromatic carbocycles. The molecule has 0 fully saturated rings. The second-order valence-corrected chi connectivity index (χ2v) is 5.99. The van der Waals surface area contributed by atoms with Crippen molar-refractivity contribution in [2.45, 2.75) is 12.8 Å². The molecule has 0 radical (unpaired) electrons. The van der Waals surface area contributed by atoms with Crippen molar-refractivity contribution in [2.75, 3.05) is 26.2 Å². The van der Waals surface area contributed by atoms with Gasteiger partial charge in [0, 0.05) is 38.2 Å². The van der Waals surface area contributed by atoms with Gasteiger partial charge in [-0.3, -0.25) is 0 Å². The average Bonchev–Trinajstić information content (AvgIpc) is 3.15. The maximum Gasteiger partial charge on any atom is 0.228 e. The van der Waals surface area contributed by atoms with Gasteiger partial charge >= 0.3 is 0 Å². The maximum absolute atomic E-state index is 5.75. The Kier molecular flexibility index (Phi) is 6.31. The van der Waals surface area contributed by atoms with Crippen LogP contribution in [0.15, 0.2) is 65.2 Å². The summed E-state index contributed by atoms with van der Waals surface area (Å²) in [5, 5.41) is 4.07. The van der Waals surface area contributed by atoms with E-state index in [4.69, 9.17) is 10.3 Å². The van der Waals surface area contributed by atoms with E-state index in [-0.39, 0.29) is 0 Å². The number of rotatable bonds is 9. The van der Waals surface area contributed by atoms with Crippen LogP contribution in [0.3, 0.4) is 0 Å². The van der Waals surface area contributed by atoms with E-state index in [0.717, 1.165) is 38.0 Å². The summed E-state index contributed by atoms with van der Waals surface area (Å²) in [6, 6.07) is 20.4. The summed E-state index contributed by atoms with van der Waals surface area (Å²) in [7, 11) is 0. The zero-order chi connectivity index (χ0) is 17.3. The van der Waals surface area contributed by atoms with Crippen molar-refractivity contribution in [3.05, 3.63) is 72.1 Å². The first kappa shape index (κ1) is 17.3.